The molecule has 0 fully saturated rings. The fourth-order valence-corrected chi connectivity index (χ4v) is 10.2. The van der Waals surface area contributed by atoms with Crippen LogP contribution in [-0.4, -0.2) is 24.1 Å². The summed E-state index contributed by atoms with van der Waals surface area (Å²) in [6.45, 7) is 0. The molecule has 13 rings (SSSR count). The molecule has 0 saturated heterocycles. The molecule has 0 aliphatic rings. The van der Waals surface area contributed by atoms with E-state index in [9.17, 15) is 0 Å². The van der Waals surface area contributed by atoms with E-state index in [0.717, 1.165) is 61.4 Å². The largest absolute Gasteiger partial charge is 0.309 e. The predicted molar refractivity (Wildman–Crippen MR) is 281 cm³/mol. The number of hydrogen-bond acceptors (Lipinski definition) is 3. The van der Waals surface area contributed by atoms with Crippen molar-refractivity contribution in [3.63, 3.8) is 0 Å². The van der Waals surface area contributed by atoms with Crippen LogP contribution in [0.25, 0.3) is 123 Å². The van der Waals surface area contributed by atoms with Crippen molar-refractivity contribution < 1.29 is 0 Å². The molecular formula is C63H41N5. The zero-order valence-corrected chi connectivity index (χ0v) is 36.9. The van der Waals surface area contributed by atoms with E-state index >= 15 is 0 Å². The SMILES string of the molecule is c1ccc(-c2cccc(-c3nc(-c4cccc(-c5ccccc5)c4)nc(-c4ccccc4-n4c5ccccc5c5c(-c6cccc7c6c6ccccc6n7-c6ccccc6)cccc54)n3)c2)cc1. The average molecular weight is 868 g/mol. The van der Waals surface area contributed by atoms with Crippen molar-refractivity contribution in [3.05, 3.63) is 249 Å². The molecule has 318 valence electrons. The van der Waals surface area contributed by atoms with Crippen molar-refractivity contribution in [2.45, 2.75) is 0 Å². The highest BCUT2D eigenvalue weighted by atomic mass is 15.1. The molecule has 0 aliphatic heterocycles. The van der Waals surface area contributed by atoms with Crippen molar-refractivity contribution >= 4 is 43.6 Å². The summed E-state index contributed by atoms with van der Waals surface area (Å²) in [6.07, 6.45) is 0. The maximum absolute atomic E-state index is 5.36. The van der Waals surface area contributed by atoms with Crippen molar-refractivity contribution in [3.8, 4) is 78.9 Å². The van der Waals surface area contributed by atoms with Crippen molar-refractivity contribution in [1.29, 1.82) is 0 Å². The number of rotatable bonds is 8. The molecule has 0 unspecified atom stereocenters. The molecule has 0 amide bonds. The lowest BCUT2D eigenvalue weighted by molar-refractivity contribution is 1.06. The highest BCUT2D eigenvalue weighted by Crippen LogP contribution is 2.45. The van der Waals surface area contributed by atoms with Gasteiger partial charge in [0.15, 0.2) is 17.5 Å². The number of nitrogens with zero attached hydrogens (tertiary/aromatic N) is 5. The minimum atomic E-state index is 0.594. The molecule has 0 N–H and O–H groups in total. The van der Waals surface area contributed by atoms with Gasteiger partial charge in [-0.05, 0) is 94.0 Å². The number of fused-ring (bicyclic) bond motifs is 6. The first-order valence-electron chi connectivity index (χ1n) is 23.0. The smallest absolute Gasteiger partial charge is 0.166 e. The minimum absolute atomic E-state index is 0.594. The van der Waals surface area contributed by atoms with Gasteiger partial charge in [-0.15, -0.1) is 0 Å². The molecule has 5 heteroatoms. The fraction of sp³-hybridized carbons (Fsp3) is 0. The molecule has 0 spiro atoms. The van der Waals surface area contributed by atoms with E-state index in [2.05, 4.69) is 246 Å². The first kappa shape index (κ1) is 39.2. The monoisotopic (exact) mass is 867 g/mol. The molecular weight excluding hydrogens is 827 g/mol. The molecule has 3 aromatic heterocycles. The Kier molecular flexibility index (Phi) is 9.43. The summed E-state index contributed by atoms with van der Waals surface area (Å²) >= 11 is 0. The Bertz CT molecular complexity index is 3920. The number of hydrogen-bond donors (Lipinski definition) is 0. The number of aromatic nitrogens is 5. The van der Waals surface area contributed by atoms with Crippen LogP contribution in [0.4, 0.5) is 0 Å². The topological polar surface area (TPSA) is 48.5 Å². The Morgan fingerprint density at radius 1 is 0.250 bits per heavy atom. The van der Waals surface area contributed by atoms with Crippen LogP contribution in [0.5, 0.6) is 0 Å². The second kappa shape index (κ2) is 16.4. The second-order valence-corrected chi connectivity index (χ2v) is 17.2. The highest BCUT2D eigenvalue weighted by Gasteiger charge is 2.23. The molecule has 0 radical (unpaired) electrons. The van der Waals surface area contributed by atoms with E-state index in [-0.39, 0.29) is 0 Å². The molecule has 68 heavy (non-hydrogen) atoms. The van der Waals surface area contributed by atoms with E-state index in [1.807, 2.05) is 12.1 Å². The van der Waals surface area contributed by atoms with Crippen LogP contribution in [-0.2, 0) is 0 Å². The number of para-hydroxylation sites is 4. The third-order valence-electron chi connectivity index (χ3n) is 13.2. The van der Waals surface area contributed by atoms with Crippen LogP contribution in [0.3, 0.4) is 0 Å². The molecule has 10 aromatic carbocycles. The quantitative estimate of drug-likeness (QED) is 0.153. The molecule has 0 saturated carbocycles. The Labute approximate surface area is 393 Å². The van der Waals surface area contributed by atoms with Crippen LogP contribution in [0.2, 0.25) is 0 Å². The third-order valence-corrected chi connectivity index (χ3v) is 13.2. The van der Waals surface area contributed by atoms with Crippen LogP contribution >= 0.6 is 0 Å². The highest BCUT2D eigenvalue weighted by molar-refractivity contribution is 6.22. The van der Waals surface area contributed by atoms with E-state index in [0.29, 0.717) is 17.5 Å². The maximum atomic E-state index is 5.36. The van der Waals surface area contributed by atoms with Gasteiger partial charge in [-0.25, -0.2) is 15.0 Å². The standard InChI is InChI=1S/C63H41N5/c1-4-20-42(21-5-1)44-24-16-26-46(40-44)61-64-62(47-27-17-25-45(41-47)43-22-6-2-7-23-43)66-63(65-61)53-32-12-15-37-56(53)68-55-36-14-11-31-52(55)60-50(34-19-39-58(60)68)49-33-18-38-57-59(49)51-30-10-13-35-54(51)67(57)48-28-8-3-9-29-48/h1-41H. The van der Waals surface area contributed by atoms with Gasteiger partial charge in [0.2, 0.25) is 0 Å². The summed E-state index contributed by atoms with van der Waals surface area (Å²) in [5.41, 5.74) is 16.2. The van der Waals surface area contributed by atoms with Gasteiger partial charge in [-0.2, -0.15) is 0 Å². The first-order chi connectivity index (χ1) is 33.7. The molecule has 0 atom stereocenters. The average Bonchev–Trinajstić information content (AvgIpc) is 3.95. The summed E-state index contributed by atoms with van der Waals surface area (Å²) in [5.74, 6) is 1.81. The van der Waals surface area contributed by atoms with Gasteiger partial charge < -0.3 is 9.13 Å². The molecule has 0 bridgehead atoms. The van der Waals surface area contributed by atoms with Gasteiger partial charge in [0.25, 0.3) is 0 Å². The van der Waals surface area contributed by atoms with Gasteiger partial charge in [-0.3, -0.25) is 0 Å². The summed E-state index contributed by atoms with van der Waals surface area (Å²) in [5, 5.41) is 4.81. The van der Waals surface area contributed by atoms with Gasteiger partial charge >= 0.3 is 0 Å². The Hall–Kier alpha value is -9.19. The summed E-state index contributed by atoms with van der Waals surface area (Å²) in [7, 11) is 0. The molecule has 5 nitrogen and oxygen atoms in total. The van der Waals surface area contributed by atoms with Crippen LogP contribution < -0.4 is 0 Å². The molecule has 3 heterocycles. The normalized spacial score (nSPS) is 11.5. The van der Waals surface area contributed by atoms with Gasteiger partial charge in [0.1, 0.15) is 0 Å². The van der Waals surface area contributed by atoms with Gasteiger partial charge in [0, 0.05) is 43.9 Å². The van der Waals surface area contributed by atoms with Gasteiger partial charge in [0.05, 0.1) is 27.8 Å². The second-order valence-electron chi connectivity index (χ2n) is 17.2. The minimum Gasteiger partial charge on any atom is -0.309 e. The zero-order valence-electron chi connectivity index (χ0n) is 36.9. The van der Waals surface area contributed by atoms with Crippen LogP contribution in [0, 0.1) is 0 Å². The van der Waals surface area contributed by atoms with E-state index in [4.69, 9.17) is 15.0 Å². The van der Waals surface area contributed by atoms with Crippen LogP contribution in [0.1, 0.15) is 0 Å². The van der Waals surface area contributed by atoms with E-state index < -0.39 is 0 Å². The van der Waals surface area contributed by atoms with E-state index in [1.165, 1.54) is 43.7 Å². The van der Waals surface area contributed by atoms with Crippen molar-refractivity contribution in [1.82, 2.24) is 24.1 Å². The first-order valence-corrected chi connectivity index (χ1v) is 23.0. The maximum Gasteiger partial charge on any atom is 0.166 e. The van der Waals surface area contributed by atoms with Crippen molar-refractivity contribution in [2.75, 3.05) is 0 Å². The van der Waals surface area contributed by atoms with E-state index in [1.54, 1.807) is 0 Å². The lowest BCUT2D eigenvalue weighted by Crippen LogP contribution is -2.03. The summed E-state index contributed by atoms with van der Waals surface area (Å²) < 4.78 is 4.78. The Balaban J connectivity index is 1.03. The predicted octanol–water partition coefficient (Wildman–Crippen LogP) is 16.1. The lowest BCUT2D eigenvalue weighted by atomic mass is 9.95. The van der Waals surface area contributed by atoms with Crippen molar-refractivity contribution in [2.24, 2.45) is 0 Å². The van der Waals surface area contributed by atoms with Crippen LogP contribution in [0.15, 0.2) is 249 Å². The Morgan fingerprint density at radius 3 is 1.21 bits per heavy atom. The summed E-state index contributed by atoms with van der Waals surface area (Å²) in [4.78, 5) is 16.0. The Morgan fingerprint density at radius 2 is 0.632 bits per heavy atom. The fourth-order valence-electron chi connectivity index (χ4n) is 10.2. The molecule has 0 aliphatic carbocycles. The summed E-state index contributed by atoms with van der Waals surface area (Å²) in [6, 6.07) is 88.1. The van der Waals surface area contributed by atoms with Gasteiger partial charge in [-0.1, -0.05) is 188 Å². The lowest BCUT2D eigenvalue weighted by Gasteiger charge is -2.15. The molecule has 13 aromatic rings. The third kappa shape index (κ3) is 6.59. The number of benzene rings is 10. The zero-order chi connectivity index (χ0) is 45.0.